The molecule has 1 atom stereocenters. The zero-order valence-corrected chi connectivity index (χ0v) is 24.8. The van der Waals surface area contributed by atoms with Crippen LogP contribution in [0.4, 0.5) is 0 Å². The number of Topliss-reactive ketones (excluding diaryl/α,β-unsaturated/α-hetero) is 2. The van der Waals surface area contributed by atoms with Gasteiger partial charge < -0.3 is 0 Å². The number of aryl methyl sites for hydroxylation is 1. The standard InChI is InChI=1S/C38H32O2Se/c1-28-17-21-33(22-18-28)37(39)35(25-26-41-34-15-9-4-10-16-34)38(40)36(32-13-7-3-8-14-32)27-29-19-23-31(24-20-29)30-11-5-2-6-12-30/h2-24,27,35H,25-26H2,1H3/b36-27+. The Morgan fingerprint density at radius 1 is 0.634 bits per heavy atom. The molecule has 0 spiro atoms. The van der Waals surface area contributed by atoms with Crippen LogP contribution in [0.15, 0.2) is 140 Å². The molecule has 0 aliphatic heterocycles. The van der Waals surface area contributed by atoms with E-state index in [0.29, 0.717) is 17.6 Å². The van der Waals surface area contributed by atoms with Crippen LogP contribution in [0.5, 0.6) is 0 Å². The monoisotopic (exact) mass is 600 g/mol. The van der Waals surface area contributed by atoms with Gasteiger partial charge in [-0.05, 0) is 0 Å². The van der Waals surface area contributed by atoms with Crippen molar-refractivity contribution in [3.05, 3.63) is 162 Å². The van der Waals surface area contributed by atoms with Crippen LogP contribution in [0.25, 0.3) is 22.8 Å². The second kappa shape index (κ2) is 13.9. The average molecular weight is 600 g/mol. The third-order valence-corrected chi connectivity index (χ3v) is 9.26. The van der Waals surface area contributed by atoms with Gasteiger partial charge in [0, 0.05) is 0 Å². The zero-order chi connectivity index (χ0) is 28.4. The van der Waals surface area contributed by atoms with E-state index in [-0.39, 0.29) is 26.5 Å². The summed E-state index contributed by atoms with van der Waals surface area (Å²) >= 11 is 0.178. The second-order valence-corrected chi connectivity index (χ2v) is 12.5. The van der Waals surface area contributed by atoms with Crippen LogP contribution in [0.1, 0.15) is 33.5 Å². The molecule has 5 aromatic carbocycles. The summed E-state index contributed by atoms with van der Waals surface area (Å²) in [5, 5.41) is 0.804. The van der Waals surface area contributed by atoms with Gasteiger partial charge in [0.25, 0.3) is 0 Å². The van der Waals surface area contributed by atoms with Gasteiger partial charge in [0.05, 0.1) is 0 Å². The van der Waals surface area contributed by atoms with Crippen molar-refractivity contribution in [3.8, 4) is 11.1 Å². The third kappa shape index (κ3) is 7.46. The van der Waals surface area contributed by atoms with E-state index in [0.717, 1.165) is 33.1 Å². The Morgan fingerprint density at radius 3 is 1.83 bits per heavy atom. The van der Waals surface area contributed by atoms with Crippen LogP contribution in [0.2, 0.25) is 5.32 Å². The van der Waals surface area contributed by atoms with Crippen LogP contribution in [0.3, 0.4) is 0 Å². The normalized spacial score (nSPS) is 12.1. The number of allylic oxidation sites excluding steroid dienone is 1. The molecule has 5 aromatic rings. The van der Waals surface area contributed by atoms with Crippen molar-refractivity contribution in [1.82, 2.24) is 0 Å². The number of ketones is 2. The minimum atomic E-state index is -0.752. The van der Waals surface area contributed by atoms with Gasteiger partial charge >= 0.3 is 232 Å². The molecule has 0 aromatic heterocycles. The molecule has 202 valence electrons. The quantitative estimate of drug-likeness (QED) is 0.0506. The number of carbonyl (C=O) groups is 2. The van der Waals surface area contributed by atoms with Crippen LogP contribution < -0.4 is 4.46 Å². The Kier molecular flexibility index (Phi) is 9.54. The first-order valence-corrected chi connectivity index (χ1v) is 15.9. The molecule has 0 amide bonds. The molecule has 1 unspecified atom stereocenters. The Bertz CT molecular complexity index is 1610. The molecule has 41 heavy (non-hydrogen) atoms. The molecular weight excluding hydrogens is 567 g/mol. The summed E-state index contributed by atoms with van der Waals surface area (Å²) in [6.45, 7) is 2.00. The number of benzene rings is 5. The first-order valence-electron chi connectivity index (χ1n) is 13.8. The van der Waals surface area contributed by atoms with Crippen molar-refractivity contribution in [2.75, 3.05) is 0 Å². The molecule has 2 nitrogen and oxygen atoms in total. The molecule has 0 heterocycles. The van der Waals surface area contributed by atoms with E-state index in [1.54, 1.807) is 0 Å². The first kappa shape index (κ1) is 28.2. The van der Waals surface area contributed by atoms with Gasteiger partial charge in [0.2, 0.25) is 0 Å². The number of carbonyl (C=O) groups excluding carboxylic acids is 2. The predicted molar refractivity (Wildman–Crippen MR) is 171 cm³/mol. The van der Waals surface area contributed by atoms with E-state index in [2.05, 4.69) is 36.4 Å². The Balaban J connectivity index is 1.48. The van der Waals surface area contributed by atoms with Gasteiger partial charge in [-0.15, -0.1) is 0 Å². The molecule has 0 aliphatic carbocycles. The summed E-state index contributed by atoms with van der Waals surface area (Å²) in [6, 6.07) is 46.0. The molecule has 0 saturated heterocycles. The van der Waals surface area contributed by atoms with Gasteiger partial charge in [0.15, 0.2) is 0 Å². The van der Waals surface area contributed by atoms with Gasteiger partial charge in [-0.2, -0.15) is 0 Å². The van der Waals surface area contributed by atoms with E-state index < -0.39 is 5.92 Å². The van der Waals surface area contributed by atoms with Gasteiger partial charge in [-0.1, -0.05) is 18.2 Å². The fourth-order valence-corrected chi connectivity index (χ4v) is 6.75. The Labute approximate surface area is 248 Å². The summed E-state index contributed by atoms with van der Waals surface area (Å²) in [5.74, 6) is -0.990. The van der Waals surface area contributed by atoms with E-state index in [1.807, 2.05) is 116 Å². The first-order chi connectivity index (χ1) is 20.1. The summed E-state index contributed by atoms with van der Waals surface area (Å²) in [5.41, 5.74) is 6.24. The summed E-state index contributed by atoms with van der Waals surface area (Å²) in [4.78, 5) is 28.3. The van der Waals surface area contributed by atoms with E-state index in [1.165, 1.54) is 4.46 Å². The molecule has 3 heteroatoms. The van der Waals surface area contributed by atoms with Crippen LogP contribution >= 0.6 is 0 Å². The fourth-order valence-electron chi connectivity index (χ4n) is 4.78. The Hall–Kier alpha value is -4.30. The van der Waals surface area contributed by atoms with Crippen LogP contribution in [-0.4, -0.2) is 26.5 Å². The maximum atomic E-state index is 14.4. The minimum absolute atomic E-state index is 0.111. The van der Waals surface area contributed by atoms with E-state index >= 15 is 0 Å². The predicted octanol–water partition coefficient (Wildman–Crippen LogP) is 8.11. The van der Waals surface area contributed by atoms with Crippen LogP contribution in [0, 0.1) is 12.8 Å². The second-order valence-electron chi connectivity index (χ2n) is 10.0. The third-order valence-electron chi connectivity index (χ3n) is 7.07. The van der Waals surface area contributed by atoms with Crippen molar-refractivity contribution in [1.29, 1.82) is 0 Å². The SMILES string of the molecule is Cc1ccc(C(=O)C(CC[Se]c2ccccc2)C(=O)/C(=C/c2ccc(-c3ccccc3)cc2)c2ccccc2)cc1. The molecule has 0 saturated carbocycles. The molecule has 5 rings (SSSR count). The van der Waals surface area contributed by atoms with E-state index in [9.17, 15) is 9.59 Å². The molecule has 0 N–H and O–H groups in total. The topological polar surface area (TPSA) is 34.1 Å². The van der Waals surface area contributed by atoms with Crippen molar-refractivity contribution in [2.24, 2.45) is 5.92 Å². The van der Waals surface area contributed by atoms with Crippen molar-refractivity contribution >= 4 is 42.6 Å². The molecule has 0 radical (unpaired) electrons. The van der Waals surface area contributed by atoms with Gasteiger partial charge in [0.1, 0.15) is 0 Å². The molecule has 0 bridgehead atoms. The van der Waals surface area contributed by atoms with Crippen molar-refractivity contribution in [3.63, 3.8) is 0 Å². The molecule has 0 fully saturated rings. The molecule has 0 aliphatic rings. The maximum absolute atomic E-state index is 14.4. The Morgan fingerprint density at radius 2 is 1.20 bits per heavy atom. The van der Waals surface area contributed by atoms with Crippen molar-refractivity contribution < 1.29 is 9.59 Å². The summed E-state index contributed by atoms with van der Waals surface area (Å²) in [6.07, 6.45) is 2.45. The summed E-state index contributed by atoms with van der Waals surface area (Å²) in [7, 11) is 0. The zero-order valence-electron chi connectivity index (χ0n) is 23.1. The van der Waals surface area contributed by atoms with Gasteiger partial charge in [-0.3, -0.25) is 0 Å². The van der Waals surface area contributed by atoms with E-state index in [4.69, 9.17) is 0 Å². The van der Waals surface area contributed by atoms with Gasteiger partial charge in [-0.25, -0.2) is 0 Å². The summed E-state index contributed by atoms with van der Waals surface area (Å²) < 4.78 is 1.27. The average Bonchev–Trinajstić information content (AvgIpc) is 3.03. The number of hydrogen-bond acceptors (Lipinski definition) is 2. The fraction of sp³-hybridized carbons (Fsp3) is 0.105. The number of hydrogen-bond donors (Lipinski definition) is 0. The van der Waals surface area contributed by atoms with Crippen LogP contribution in [-0.2, 0) is 4.79 Å². The van der Waals surface area contributed by atoms with Crippen molar-refractivity contribution in [2.45, 2.75) is 18.7 Å². The number of rotatable bonds is 11. The molecular formula is C38H32O2Se.